The van der Waals surface area contributed by atoms with Crippen molar-refractivity contribution in [3.63, 3.8) is 0 Å². The summed E-state index contributed by atoms with van der Waals surface area (Å²) >= 11 is 0. The summed E-state index contributed by atoms with van der Waals surface area (Å²) in [5, 5.41) is 3.26. The highest BCUT2D eigenvalue weighted by molar-refractivity contribution is 5.76. The molecule has 23 heavy (non-hydrogen) atoms. The van der Waals surface area contributed by atoms with Gasteiger partial charge in [-0.05, 0) is 31.9 Å². The average Bonchev–Trinajstić information content (AvgIpc) is 2.50. The zero-order chi connectivity index (χ0) is 16.4. The number of carbonyl (C=O) groups is 1. The molecule has 2 aliphatic heterocycles. The van der Waals surface area contributed by atoms with Gasteiger partial charge < -0.3 is 15.0 Å². The van der Waals surface area contributed by atoms with Crippen LogP contribution in [0.25, 0.3) is 0 Å². The van der Waals surface area contributed by atoms with Gasteiger partial charge in [-0.3, -0.25) is 4.79 Å². The van der Waals surface area contributed by atoms with Crippen LogP contribution in [0.5, 0.6) is 5.75 Å². The normalized spacial score (nSPS) is 23.4. The summed E-state index contributed by atoms with van der Waals surface area (Å²) in [5.41, 5.74) is 0.991. The SMILES string of the molecule is CC(C)CC(=O)NC1CC2(CCN(C)CC2)Oc2ccccc21. The minimum atomic E-state index is -0.128. The van der Waals surface area contributed by atoms with Crippen molar-refractivity contribution in [2.45, 2.75) is 51.2 Å². The van der Waals surface area contributed by atoms with Crippen LogP contribution in [0.4, 0.5) is 0 Å². The maximum absolute atomic E-state index is 12.3. The van der Waals surface area contributed by atoms with E-state index in [1.165, 1.54) is 0 Å². The van der Waals surface area contributed by atoms with Crippen LogP contribution in [0.1, 0.15) is 51.1 Å². The van der Waals surface area contributed by atoms with Crippen LogP contribution >= 0.6 is 0 Å². The highest BCUT2D eigenvalue weighted by atomic mass is 16.5. The quantitative estimate of drug-likeness (QED) is 0.931. The topological polar surface area (TPSA) is 41.6 Å². The number of nitrogens with one attached hydrogen (secondary N) is 1. The van der Waals surface area contributed by atoms with Gasteiger partial charge in [0.25, 0.3) is 0 Å². The van der Waals surface area contributed by atoms with Crippen LogP contribution in [-0.4, -0.2) is 36.5 Å². The molecule has 126 valence electrons. The fraction of sp³-hybridized carbons (Fsp3) is 0.632. The third kappa shape index (κ3) is 3.69. The summed E-state index contributed by atoms with van der Waals surface area (Å²) in [6.07, 6.45) is 3.50. The number of amides is 1. The van der Waals surface area contributed by atoms with E-state index in [0.717, 1.165) is 43.7 Å². The van der Waals surface area contributed by atoms with E-state index in [4.69, 9.17) is 4.74 Å². The standard InChI is InChI=1S/C19H28N2O2/c1-14(2)12-18(22)20-16-13-19(8-10-21(3)11-9-19)23-17-7-5-4-6-15(16)17/h4-7,14,16H,8-13H2,1-3H3,(H,20,22). The van der Waals surface area contributed by atoms with Crippen LogP contribution in [0.2, 0.25) is 0 Å². The predicted molar refractivity (Wildman–Crippen MR) is 91.5 cm³/mol. The number of likely N-dealkylation sites (tertiary alicyclic amines) is 1. The lowest BCUT2D eigenvalue weighted by Gasteiger charge is -2.46. The number of ether oxygens (including phenoxy) is 1. The van der Waals surface area contributed by atoms with Gasteiger partial charge in [-0.1, -0.05) is 32.0 Å². The summed E-state index contributed by atoms with van der Waals surface area (Å²) in [6, 6.07) is 8.22. The maximum atomic E-state index is 12.3. The Bertz CT molecular complexity index is 562. The van der Waals surface area contributed by atoms with Gasteiger partial charge in [-0.2, -0.15) is 0 Å². The van der Waals surface area contributed by atoms with Crippen LogP contribution < -0.4 is 10.1 Å². The summed E-state index contributed by atoms with van der Waals surface area (Å²) in [4.78, 5) is 14.6. The summed E-state index contributed by atoms with van der Waals surface area (Å²) in [6.45, 7) is 6.26. The molecule has 1 saturated heterocycles. The first-order valence-corrected chi connectivity index (χ1v) is 8.73. The second kappa shape index (κ2) is 6.52. The molecule has 1 aromatic rings. The summed E-state index contributed by atoms with van der Waals surface area (Å²) in [5.74, 6) is 1.46. The molecule has 0 bridgehead atoms. The average molecular weight is 316 g/mol. The smallest absolute Gasteiger partial charge is 0.220 e. The Labute approximate surface area is 139 Å². The second-order valence-electron chi connectivity index (χ2n) is 7.55. The van der Waals surface area contributed by atoms with E-state index < -0.39 is 0 Å². The number of piperidine rings is 1. The molecular weight excluding hydrogens is 288 g/mol. The van der Waals surface area contributed by atoms with E-state index in [1.54, 1.807) is 0 Å². The predicted octanol–water partition coefficient (Wildman–Crippen LogP) is 3.14. The molecule has 1 unspecified atom stereocenters. The van der Waals surface area contributed by atoms with Gasteiger partial charge in [0.1, 0.15) is 11.4 Å². The lowest BCUT2D eigenvalue weighted by molar-refractivity contribution is -0.123. The van der Waals surface area contributed by atoms with Gasteiger partial charge in [-0.25, -0.2) is 0 Å². The Morgan fingerprint density at radius 1 is 1.35 bits per heavy atom. The van der Waals surface area contributed by atoms with Crippen LogP contribution in [0, 0.1) is 5.92 Å². The Morgan fingerprint density at radius 2 is 2.04 bits per heavy atom. The van der Waals surface area contributed by atoms with Crippen molar-refractivity contribution in [3.8, 4) is 5.75 Å². The number of benzene rings is 1. The summed E-state index contributed by atoms with van der Waals surface area (Å²) < 4.78 is 6.42. The van der Waals surface area contributed by atoms with Gasteiger partial charge in [0.15, 0.2) is 0 Å². The highest BCUT2D eigenvalue weighted by Crippen LogP contribution is 2.44. The molecule has 1 N–H and O–H groups in total. The van der Waals surface area contributed by atoms with Crippen molar-refractivity contribution in [1.29, 1.82) is 0 Å². The van der Waals surface area contributed by atoms with Crippen molar-refractivity contribution in [1.82, 2.24) is 10.2 Å². The molecule has 1 fully saturated rings. The van der Waals surface area contributed by atoms with Crippen LogP contribution in [0.3, 0.4) is 0 Å². The number of hydrogen-bond acceptors (Lipinski definition) is 3. The van der Waals surface area contributed by atoms with E-state index in [0.29, 0.717) is 12.3 Å². The first-order valence-electron chi connectivity index (χ1n) is 8.73. The van der Waals surface area contributed by atoms with Crippen LogP contribution in [0.15, 0.2) is 24.3 Å². The molecule has 1 amide bonds. The molecule has 1 atom stereocenters. The minimum absolute atomic E-state index is 0.0645. The number of hydrogen-bond donors (Lipinski definition) is 1. The van der Waals surface area contributed by atoms with E-state index in [2.05, 4.69) is 37.2 Å². The molecule has 4 heteroatoms. The second-order valence-corrected chi connectivity index (χ2v) is 7.55. The first-order chi connectivity index (χ1) is 11.0. The highest BCUT2D eigenvalue weighted by Gasteiger charge is 2.43. The monoisotopic (exact) mass is 316 g/mol. The molecule has 2 aliphatic rings. The Kier molecular flexibility index (Phi) is 4.62. The number of fused-ring (bicyclic) bond motifs is 1. The number of carbonyl (C=O) groups excluding carboxylic acids is 1. The Hall–Kier alpha value is -1.55. The molecule has 1 spiro atoms. The fourth-order valence-corrected chi connectivity index (χ4v) is 3.70. The molecule has 1 aromatic carbocycles. The lowest BCUT2D eigenvalue weighted by Crippen LogP contribution is -2.51. The summed E-state index contributed by atoms with van der Waals surface area (Å²) in [7, 11) is 2.16. The fourth-order valence-electron chi connectivity index (χ4n) is 3.70. The van der Waals surface area contributed by atoms with Gasteiger partial charge in [0, 0.05) is 31.5 Å². The largest absolute Gasteiger partial charge is 0.487 e. The molecule has 3 rings (SSSR count). The Balaban J connectivity index is 1.81. The van der Waals surface area contributed by atoms with Gasteiger partial charge in [0.2, 0.25) is 5.91 Å². The third-order valence-corrected chi connectivity index (χ3v) is 5.02. The van der Waals surface area contributed by atoms with E-state index >= 15 is 0 Å². The molecule has 0 aromatic heterocycles. The van der Waals surface area contributed by atoms with Crippen molar-refractivity contribution in [3.05, 3.63) is 29.8 Å². The zero-order valence-electron chi connectivity index (χ0n) is 14.5. The van der Waals surface area contributed by atoms with E-state index in [-0.39, 0.29) is 17.6 Å². The zero-order valence-corrected chi connectivity index (χ0v) is 14.5. The third-order valence-electron chi connectivity index (χ3n) is 5.02. The number of nitrogens with zero attached hydrogens (tertiary/aromatic N) is 1. The lowest BCUT2D eigenvalue weighted by atomic mass is 9.80. The number of rotatable bonds is 3. The van der Waals surface area contributed by atoms with Crippen molar-refractivity contribution < 1.29 is 9.53 Å². The number of para-hydroxylation sites is 1. The molecule has 4 nitrogen and oxygen atoms in total. The molecular formula is C19H28N2O2. The molecule has 2 heterocycles. The molecule has 0 aliphatic carbocycles. The van der Waals surface area contributed by atoms with Crippen molar-refractivity contribution >= 4 is 5.91 Å². The van der Waals surface area contributed by atoms with E-state index in [9.17, 15) is 4.79 Å². The minimum Gasteiger partial charge on any atom is -0.487 e. The van der Waals surface area contributed by atoms with Gasteiger partial charge in [0.05, 0.1) is 6.04 Å². The van der Waals surface area contributed by atoms with Gasteiger partial charge in [-0.15, -0.1) is 0 Å². The maximum Gasteiger partial charge on any atom is 0.220 e. The molecule has 0 saturated carbocycles. The van der Waals surface area contributed by atoms with Gasteiger partial charge >= 0.3 is 0 Å². The van der Waals surface area contributed by atoms with Crippen molar-refractivity contribution in [2.75, 3.05) is 20.1 Å². The van der Waals surface area contributed by atoms with E-state index in [1.807, 2.05) is 18.2 Å². The van der Waals surface area contributed by atoms with Crippen molar-refractivity contribution in [2.24, 2.45) is 5.92 Å². The Morgan fingerprint density at radius 3 is 2.74 bits per heavy atom. The first kappa shape index (κ1) is 16.3. The van der Waals surface area contributed by atoms with Crippen LogP contribution in [-0.2, 0) is 4.79 Å². The molecule has 0 radical (unpaired) electrons.